The average molecular weight is 509 g/mol. The molecule has 2 N–H and O–H groups in total. The predicted octanol–water partition coefficient (Wildman–Crippen LogP) is 1.89. The van der Waals surface area contributed by atoms with Gasteiger partial charge in [0.15, 0.2) is 0 Å². The van der Waals surface area contributed by atoms with E-state index < -0.39 is 9.84 Å². The minimum absolute atomic E-state index is 0.0289. The van der Waals surface area contributed by atoms with E-state index in [-0.39, 0.29) is 47.4 Å². The number of hydrogen-bond donors (Lipinski definition) is 2. The van der Waals surface area contributed by atoms with Crippen LogP contribution in [-0.2, 0) is 19.4 Å². The summed E-state index contributed by atoms with van der Waals surface area (Å²) < 4.78 is 24.1. The van der Waals surface area contributed by atoms with E-state index in [1.807, 2.05) is 0 Å². The second kappa shape index (κ2) is 9.93. The van der Waals surface area contributed by atoms with E-state index >= 15 is 0 Å². The molecule has 3 saturated heterocycles. The second-order valence-electron chi connectivity index (χ2n) is 12.1. The number of rotatable bonds is 3. The first-order valence-corrected chi connectivity index (χ1v) is 15.9. The molecule has 35 heavy (non-hydrogen) atoms. The third kappa shape index (κ3) is 5.01. The van der Waals surface area contributed by atoms with Crippen molar-refractivity contribution in [2.45, 2.75) is 114 Å². The first-order valence-electron chi connectivity index (χ1n) is 13.9. The highest BCUT2D eigenvalue weighted by atomic mass is 32.2. The van der Waals surface area contributed by atoms with E-state index in [0.29, 0.717) is 24.3 Å². The van der Waals surface area contributed by atoms with E-state index in [1.165, 1.54) is 19.1 Å². The monoisotopic (exact) mass is 508 g/mol. The van der Waals surface area contributed by atoms with Crippen LogP contribution in [0.25, 0.3) is 0 Å². The van der Waals surface area contributed by atoms with Crippen molar-refractivity contribution in [3.63, 3.8) is 0 Å². The Kier molecular flexibility index (Phi) is 7.23. The number of nitrogens with one attached hydrogen (secondary N) is 2. The molecule has 0 spiro atoms. The molecule has 5 fully saturated rings. The number of nitrogens with zero attached hydrogens (tertiary/aromatic N) is 2. The molecule has 0 aromatic heterocycles. The number of fused-ring (bicyclic) bond motifs is 2. The zero-order chi connectivity index (χ0) is 24.9. The fourth-order valence-corrected chi connectivity index (χ4v) is 9.36. The van der Waals surface area contributed by atoms with Crippen molar-refractivity contribution in [1.82, 2.24) is 20.4 Å². The van der Waals surface area contributed by atoms with Crippen molar-refractivity contribution in [2.75, 3.05) is 19.3 Å². The predicted molar refractivity (Wildman–Crippen MR) is 135 cm³/mol. The summed E-state index contributed by atoms with van der Waals surface area (Å²) in [4.78, 5) is 30.7. The fraction of sp³-hybridized carbons (Fsp3) is 0.923. The third-order valence-corrected chi connectivity index (χ3v) is 11.6. The lowest BCUT2D eigenvalue weighted by molar-refractivity contribution is -0.155. The Morgan fingerprint density at radius 3 is 2.26 bits per heavy atom. The molecule has 5 aliphatic rings. The summed E-state index contributed by atoms with van der Waals surface area (Å²) in [5, 5.41) is 6.94. The lowest BCUT2D eigenvalue weighted by Crippen LogP contribution is -2.68. The minimum atomic E-state index is -2.97. The highest BCUT2D eigenvalue weighted by Crippen LogP contribution is 2.44. The number of carbonyl (C=O) groups is 2. The quantitative estimate of drug-likeness (QED) is 0.604. The van der Waals surface area contributed by atoms with E-state index in [2.05, 4.69) is 27.4 Å². The van der Waals surface area contributed by atoms with Crippen LogP contribution in [0.1, 0.15) is 78.1 Å². The van der Waals surface area contributed by atoms with Gasteiger partial charge in [0.1, 0.15) is 9.84 Å². The van der Waals surface area contributed by atoms with Gasteiger partial charge in [-0.2, -0.15) is 0 Å². The van der Waals surface area contributed by atoms with Crippen LogP contribution in [-0.4, -0.2) is 85.0 Å². The molecule has 3 heterocycles. The molecule has 2 amide bonds. The molecule has 0 bridgehead atoms. The van der Waals surface area contributed by atoms with Crippen molar-refractivity contribution < 1.29 is 18.0 Å². The van der Waals surface area contributed by atoms with Crippen molar-refractivity contribution >= 4 is 21.7 Å². The van der Waals surface area contributed by atoms with Gasteiger partial charge in [-0.1, -0.05) is 0 Å². The number of piperazine rings is 1. The number of hydrogen-bond acceptors (Lipinski definition) is 6. The van der Waals surface area contributed by atoms with Crippen LogP contribution < -0.4 is 10.6 Å². The molecule has 2 saturated carbocycles. The number of piperidine rings is 1. The maximum atomic E-state index is 13.9. The van der Waals surface area contributed by atoms with Crippen LogP contribution in [0.2, 0.25) is 0 Å². The van der Waals surface area contributed by atoms with E-state index in [4.69, 9.17) is 0 Å². The summed E-state index contributed by atoms with van der Waals surface area (Å²) in [7, 11) is -2.97. The molecule has 0 radical (unpaired) electrons. The third-order valence-electron chi connectivity index (χ3n) is 9.96. The summed E-state index contributed by atoms with van der Waals surface area (Å²) in [6.45, 7) is 5.36. The second-order valence-corrected chi connectivity index (χ2v) is 14.5. The smallest absolute Gasteiger partial charge is 0.240 e. The molecule has 0 aromatic carbocycles. The van der Waals surface area contributed by atoms with Gasteiger partial charge < -0.3 is 15.1 Å². The maximum absolute atomic E-state index is 13.9. The minimum Gasteiger partial charge on any atom is -0.334 e. The van der Waals surface area contributed by atoms with Crippen molar-refractivity contribution in [3.8, 4) is 0 Å². The molecule has 0 aromatic rings. The molecular weight excluding hydrogens is 464 g/mol. The Hall–Kier alpha value is -1.19. The Morgan fingerprint density at radius 2 is 1.60 bits per heavy atom. The van der Waals surface area contributed by atoms with Crippen LogP contribution in [0.3, 0.4) is 0 Å². The fourth-order valence-electron chi connectivity index (χ4n) is 8.23. The highest BCUT2D eigenvalue weighted by Gasteiger charge is 2.50. The van der Waals surface area contributed by atoms with Gasteiger partial charge >= 0.3 is 0 Å². The van der Waals surface area contributed by atoms with Gasteiger partial charge in [-0.15, -0.1) is 0 Å². The van der Waals surface area contributed by atoms with Crippen molar-refractivity contribution in [1.29, 1.82) is 0 Å². The van der Waals surface area contributed by atoms with Crippen LogP contribution >= 0.6 is 0 Å². The first-order chi connectivity index (χ1) is 16.6. The van der Waals surface area contributed by atoms with Gasteiger partial charge in [0.05, 0.1) is 29.5 Å². The number of amides is 2. The molecule has 6 unspecified atom stereocenters. The van der Waals surface area contributed by atoms with Crippen LogP contribution in [0, 0.1) is 17.8 Å². The summed E-state index contributed by atoms with van der Waals surface area (Å²) in [5.41, 5.74) is 0. The molecule has 3 aliphatic heterocycles. The molecule has 9 heteroatoms. The van der Waals surface area contributed by atoms with Crippen molar-refractivity contribution in [2.24, 2.45) is 17.8 Å². The van der Waals surface area contributed by atoms with E-state index in [1.54, 1.807) is 6.92 Å². The Labute approximate surface area is 210 Å². The molecule has 198 valence electrons. The molecule has 2 aliphatic carbocycles. The van der Waals surface area contributed by atoms with E-state index in [9.17, 15) is 18.0 Å². The Bertz CT molecular complexity index is 904. The normalized spacial score (nSPS) is 42.3. The lowest BCUT2D eigenvalue weighted by atomic mass is 9.69. The highest BCUT2D eigenvalue weighted by molar-refractivity contribution is 7.91. The topological polar surface area (TPSA) is 98.8 Å². The Morgan fingerprint density at radius 1 is 0.886 bits per heavy atom. The summed E-state index contributed by atoms with van der Waals surface area (Å²) in [6, 6.07) is 0.0381. The van der Waals surface area contributed by atoms with Gasteiger partial charge in [0.25, 0.3) is 0 Å². The van der Waals surface area contributed by atoms with Crippen LogP contribution in [0.5, 0.6) is 0 Å². The van der Waals surface area contributed by atoms with Gasteiger partial charge in [-0.25, -0.2) is 8.42 Å². The van der Waals surface area contributed by atoms with Gasteiger partial charge in [0.2, 0.25) is 11.8 Å². The van der Waals surface area contributed by atoms with Crippen LogP contribution in [0.15, 0.2) is 0 Å². The average Bonchev–Trinajstić information content (AvgIpc) is 3.26. The van der Waals surface area contributed by atoms with Crippen molar-refractivity contribution in [3.05, 3.63) is 0 Å². The maximum Gasteiger partial charge on any atom is 0.240 e. The Balaban J connectivity index is 1.31. The molecule has 7 atom stereocenters. The lowest BCUT2D eigenvalue weighted by Gasteiger charge is -2.55. The number of carbonyl (C=O) groups excluding carboxylic acids is 2. The summed E-state index contributed by atoms with van der Waals surface area (Å²) >= 11 is 0. The summed E-state index contributed by atoms with van der Waals surface area (Å²) in [6.07, 6.45) is 11.2. The molecule has 8 nitrogen and oxygen atoms in total. The van der Waals surface area contributed by atoms with E-state index in [0.717, 1.165) is 57.9 Å². The summed E-state index contributed by atoms with van der Waals surface area (Å²) in [5.74, 6) is 1.87. The largest absolute Gasteiger partial charge is 0.334 e. The zero-order valence-electron chi connectivity index (χ0n) is 21.6. The standard InChI is InChI=1S/C26H44N4O4S/c1-16-15-29(26(32)22-13-20-5-4-12-27-25(20)28-22)24-14-19(8-11-23(24)30(16)17(2)31)18-6-9-21(10-7-18)35(3,33)34/h16,18-25,27-28H,4-15H2,1-3H3/t16-,18?,19?,20?,21?,22?,23?,24?,25?/m0/s1. The zero-order valence-corrected chi connectivity index (χ0v) is 22.4. The van der Waals surface area contributed by atoms with Gasteiger partial charge in [-0.3, -0.25) is 14.9 Å². The first kappa shape index (κ1) is 25.5. The molecular formula is C26H44N4O4S. The number of sulfone groups is 1. The van der Waals surface area contributed by atoms with Crippen LogP contribution in [0.4, 0.5) is 0 Å². The van der Waals surface area contributed by atoms with Gasteiger partial charge in [-0.05, 0) is 95.4 Å². The molecule has 5 rings (SSSR count). The SMILES string of the molecule is CC(=O)N1C2CCC(C3CCC(S(C)(=O)=O)CC3)CC2N(C(=O)C2CC3CCCNC3N2)C[C@@H]1C. The van der Waals surface area contributed by atoms with Gasteiger partial charge in [0, 0.05) is 25.8 Å².